The lowest BCUT2D eigenvalue weighted by Crippen LogP contribution is -2.35. The molecule has 0 aliphatic carbocycles. The number of halogens is 3. The van der Waals surface area contributed by atoms with E-state index in [0.29, 0.717) is 11.7 Å². The lowest BCUT2D eigenvalue weighted by Gasteiger charge is -2.28. The molecule has 5 heteroatoms. The summed E-state index contributed by atoms with van der Waals surface area (Å²) in [7, 11) is 0. The Labute approximate surface area is 98.2 Å². The van der Waals surface area contributed by atoms with E-state index in [1.165, 1.54) is 6.07 Å². The van der Waals surface area contributed by atoms with Crippen LogP contribution in [-0.2, 0) is 6.18 Å². The van der Waals surface area contributed by atoms with Gasteiger partial charge >= 0.3 is 6.18 Å². The second kappa shape index (κ2) is 4.64. The van der Waals surface area contributed by atoms with Gasteiger partial charge in [-0.15, -0.1) is 0 Å². The van der Waals surface area contributed by atoms with E-state index >= 15 is 0 Å². The molecule has 0 aromatic carbocycles. The van der Waals surface area contributed by atoms with Crippen LogP contribution in [0.15, 0.2) is 18.3 Å². The van der Waals surface area contributed by atoms with Crippen molar-refractivity contribution < 1.29 is 13.2 Å². The molecule has 0 unspecified atom stereocenters. The Morgan fingerprint density at radius 3 is 2.59 bits per heavy atom. The summed E-state index contributed by atoms with van der Waals surface area (Å²) < 4.78 is 37.1. The maximum atomic E-state index is 12.4. The van der Waals surface area contributed by atoms with Crippen molar-refractivity contribution in [1.82, 2.24) is 10.3 Å². The Morgan fingerprint density at radius 1 is 1.29 bits per heavy atom. The van der Waals surface area contributed by atoms with Gasteiger partial charge in [0.2, 0.25) is 0 Å². The summed E-state index contributed by atoms with van der Waals surface area (Å²) in [5, 5.41) is 3.35. The van der Waals surface area contributed by atoms with Crippen LogP contribution in [0, 0.1) is 0 Å². The highest BCUT2D eigenvalue weighted by Gasteiger charge is 2.31. The van der Waals surface area contributed by atoms with E-state index in [1.54, 1.807) is 0 Å². The fraction of sp³-hybridized carbons (Fsp3) is 0.583. The predicted molar refractivity (Wildman–Crippen MR) is 58.4 cm³/mol. The molecule has 0 amide bonds. The van der Waals surface area contributed by atoms with Crippen LogP contribution in [0.2, 0.25) is 0 Å². The van der Waals surface area contributed by atoms with E-state index in [0.717, 1.165) is 31.5 Å². The Bertz CT molecular complexity index is 372. The van der Waals surface area contributed by atoms with Gasteiger partial charge in [-0.1, -0.05) is 0 Å². The maximum absolute atomic E-state index is 12.4. The third-order valence-electron chi connectivity index (χ3n) is 3.09. The van der Waals surface area contributed by atoms with Crippen molar-refractivity contribution in [2.45, 2.75) is 44.4 Å². The van der Waals surface area contributed by atoms with Crippen molar-refractivity contribution in [2.75, 3.05) is 0 Å². The molecule has 1 aliphatic rings. The highest BCUT2D eigenvalue weighted by atomic mass is 19.4. The number of piperidine rings is 1. The Balaban J connectivity index is 2.12. The quantitative estimate of drug-likeness (QED) is 0.819. The molecule has 1 aliphatic heterocycles. The standard InChI is InChI=1S/C12H15F3N2/c1-8-3-2-4-11(17-8)10-6-5-9(7-16-10)12(13,14)15/h5-8,11,17H,2-4H2,1H3/t8-,11-/m0/s1. The van der Waals surface area contributed by atoms with Gasteiger partial charge in [-0.2, -0.15) is 13.2 Å². The van der Waals surface area contributed by atoms with Crippen molar-refractivity contribution in [2.24, 2.45) is 0 Å². The summed E-state index contributed by atoms with van der Waals surface area (Å²) in [5.41, 5.74) is 0.00894. The Hall–Kier alpha value is -1.10. The molecule has 94 valence electrons. The van der Waals surface area contributed by atoms with Crippen molar-refractivity contribution in [3.63, 3.8) is 0 Å². The third-order valence-corrected chi connectivity index (χ3v) is 3.09. The first-order chi connectivity index (χ1) is 7.97. The van der Waals surface area contributed by atoms with Crippen LogP contribution in [0.5, 0.6) is 0 Å². The van der Waals surface area contributed by atoms with Crippen molar-refractivity contribution in [3.05, 3.63) is 29.6 Å². The summed E-state index contributed by atoms with van der Waals surface area (Å²) in [5.74, 6) is 0. The van der Waals surface area contributed by atoms with Crippen LogP contribution >= 0.6 is 0 Å². The zero-order chi connectivity index (χ0) is 12.5. The van der Waals surface area contributed by atoms with Gasteiger partial charge in [0.25, 0.3) is 0 Å². The van der Waals surface area contributed by atoms with Crippen molar-refractivity contribution in [3.8, 4) is 0 Å². The fourth-order valence-corrected chi connectivity index (χ4v) is 2.15. The summed E-state index contributed by atoms with van der Waals surface area (Å²) in [4.78, 5) is 3.92. The van der Waals surface area contributed by atoms with Crippen LogP contribution < -0.4 is 5.32 Å². The first-order valence-electron chi connectivity index (χ1n) is 5.76. The zero-order valence-electron chi connectivity index (χ0n) is 9.59. The lowest BCUT2D eigenvalue weighted by atomic mass is 9.97. The molecule has 1 aromatic heterocycles. The van der Waals surface area contributed by atoms with E-state index in [-0.39, 0.29) is 6.04 Å². The monoisotopic (exact) mass is 244 g/mol. The minimum atomic E-state index is -4.31. The van der Waals surface area contributed by atoms with Gasteiger partial charge < -0.3 is 5.32 Å². The average molecular weight is 244 g/mol. The maximum Gasteiger partial charge on any atom is 0.417 e. The molecule has 2 rings (SSSR count). The molecule has 0 bridgehead atoms. The van der Waals surface area contributed by atoms with Gasteiger partial charge in [0.05, 0.1) is 11.3 Å². The molecule has 17 heavy (non-hydrogen) atoms. The fourth-order valence-electron chi connectivity index (χ4n) is 2.15. The van der Waals surface area contributed by atoms with Crippen molar-refractivity contribution in [1.29, 1.82) is 0 Å². The molecule has 0 radical (unpaired) electrons. The normalized spacial score (nSPS) is 25.9. The molecule has 0 spiro atoms. The molecule has 2 heterocycles. The molecule has 0 saturated carbocycles. The first kappa shape index (κ1) is 12.4. The van der Waals surface area contributed by atoms with Gasteiger partial charge in [0.1, 0.15) is 0 Å². The second-order valence-corrected chi connectivity index (χ2v) is 4.52. The summed E-state index contributed by atoms with van der Waals surface area (Å²) in [6.07, 6.45) is -0.267. The van der Waals surface area contributed by atoms with Crippen LogP contribution in [0.25, 0.3) is 0 Å². The van der Waals surface area contributed by atoms with Crippen LogP contribution in [-0.4, -0.2) is 11.0 Å². The minimum absolute atomic E-state index is 0.0843. The van der Waals surface area contributed by atoms with E-state index in [9.17, 15) is 13.2 Å². The highest BCUT2D eigenvalue weighted by molar-refractivity contribution is 5.19. The van der Waals surface area contributed by atoms with Gasteiger partial charge in [-0.3, -0.25) is 4.98 Å². The molecular formula is C12H15F3N2. The molecule has 1 N–H and O–H groups in total. The molecule has 1 saturated heterocycles. The first-order valence-corrected chi connectivity index (χ1v) is 5.76. The van der Waals surface area contributed by atoms with Crippen LogP contribution in [0.3, 0.4) is 0 Å². The van der Waals surface area contributed by atoms with Gasteiger partial charge in [-0.25, -0.2) is 0 Å². The SMILES string of the molecule is C[C@H]1CCC[C@@H](c2ccc(C(F)(F)F)cn2)N1. The number of hydrogen-bond donors (Lipinski definition) is 1. The predicted octanol–water partition coefficient (Wildman–Crippen LogP) is 3.30. The van der Waals surface area contributed by atoms with E-state index in [1.807, 2.05) is 0 Å². The van der Waals surface area contributed by atoms with Crippen LogP contribution in [0.4, 0.5) is 13.2 Å². The summed E-state index contributed by atoms with van der Waals surface area (Å²) in [6, 6.07) is 3.06. The molecule has 2 atom stereocenters. The average Bonchev–Trinajstić information content (AvgIpc) is 2.28. The molecular weight excluding hydrogens is 229 g/mol. The minimum Gasteiger partial charge on any atom is -0.306 e. The number of rotatable bonds is 1. The molecule has 1 fully saturated rings. The summed E-state index contributed by atoms with van der Waals surface area (Å²) in [6.45, 7) is 2.08. The van der Waals surface area contributed by atoms with Crippen LogP contribution in [0.1, 0.15) is 43.5 Å². The third kappa shape index (κ3) is 2.97. The number of hydrogen-bond acceptors (Lipinski definition) is 2. The van der Waals surface area contributed by atoms with Gasteiger partial charge in [0.15, 0.2) is 0 Å². The van der Waals surface area contributed by atoms with E-state index in [2.05, 4.69) is 17.2 Å². The number of aromatic nitrogens is 1. The Morgan fingerprint density at radius 2 is 2.06 bits per heavy atom. The number of pyridine rings is 1. The number of alkyl halides is 3. The highest BCUT2D eigenvalue weighted by Crippen LogP contribution is 2.30. The van der Waals surface area contributed by atoms with E-state index < -0.39 is 11.7 Å². The summed E-state index contributed by atoms with van der Waals surface area (Å²) >= 11 is 0. The topological polar surface area (TPSA) is 24.9 Å². The smallest absolute Gasteiger partial charge is 0.306 e. The van der Waals surface area contributed by atoms with Crippen molar-refractivity contribution >= 4 is 0 Å². The van der Waals surface area contributed by atoms with Gasteiger partial charge in [-0.05, 0) is 38.3 Å². The zero-order valence-corrected chi connectivity index (χ0v) is 9.59. The number of nitrogens with one attached hydrogen (secondary N) is 1. The number of nitrogens with zero attached hydrogens (tertiary/aromatic N) is 1. The largest absolute Gasteiger partial charge is 0.417 e. The lowest BCUT2D eigenvalue weighted by molar-refractivity contribution is -0.137. The molecule has 2 nitrogen and oxygen atoms in total. The van der Waals surface area contributed by atoms with Gasteiger partial charge in [0, 0.05) is 18.3 Å². The molecule has 1 aromatic rings. The Kier molecular flexibility index (Phi) is 3.38. The second-order valence-electron chi connectivity index (χ2n) is 4.52. The van der Waals surface area contributed by atoms with E-state index in [4.69, 9.17) is 0 Å².